The van der Waals surface area contributed by atoms with Crippen LogP contribution in [0.4, 0.5) is 17.6 Å². The van der Waals surface area contributed by atoms with Crippen LogP contribution in [0.15, 0.2) is 6.07 Å². The maximum Gasteiger partial charge on any atom is 0.244 e. The Morgan fingerprint density at radius 2 is 2.25 bits per heavy atom. The standard InChI is InChI=1S/C9H14N6O/c1-15-3-2-5(8(15)16)12-7-4-6(10)13-9(11)14-7/h4-5H,2-3H2,1H3,(H5,10,11,12,13,14). The lowest BCUT2D eigenvalue weighted by molar-refractivity contribution is -0.127. The number of aromatic nitrogens is 2. The normalized spacial score (nSPS) is 20.2. The second kappa shape index (κ2) is 3.84. The summed E-state index contributed by atoms with van der Waals surface area (Å²) in [6.07, 6.45) is 0.749. The zero-order valence-electron chi connectivity index (χ0n) is 8.97. The van der Waals surface area contributed by atoms with Gasteiger partial charge in [0.25, 0.3) is 0 Å². The van der Waals surface area contributed by atoms with Gasteiger partial charge in [0, 0.05) is 19.7 Å². The Hall–Kier alpha value is -2.05. The van der Waals surface area contributed by atoms with Crippen molar-refractivity contribution in [3.63, 3.8) is 0 Å². The molecule has 0 bridgehead atoms. The molecule has 0 radical (unpaired) electrons. The van der Waals surface area contributed by atoms with E-state index in [0.717, 1.165) is 13.0 Å². The molecule has 16 heavy (non-hydrogen) atoms. The van der Waals surface area contributed by atoms with E-state index in [4.69, 9.17) is 11.5 Å². The molecule has 7 nitrogen and oxygen atoms in total. The van der Waals surface area contributed by atoms with Crippen LogP contribution >= 0.6 is 0 Å². The van der Waals surface area contributed by atoms with Gasteiger partial charge in [0.15, 0.2) is 0 Å². The lowest BCUT2D eigenvalue weighted by atomic mass is 10.2. The molecule has 2 rings (SSSR count). The first-order valence-electron chi connectivity index (χ1n) is 4.98. The summed E-state index contributed by atoms with van der Waals surface area (Å²) >= 11 is 0. The first kappa shape index (κ1) is 10.5. The molecule has 0 saturated carbocycles. The first-order valence-corrected chi connectivity index (χ1v) is 4.98. The second-order valence-electron chi connectivity index (χ2n) is 3.78. The fourth-order valence-electron chi connectivity index (χ4n) is 1.69. The van der Waals surface area contributed by atoms with E-state index >= 15 is 0 Å². The monoisotopic (exact) mass is 222 g/mol. The number of amides is 1. The van der Waals surface area contributed by atoms with E-state index in [1.165, 1.54) is 0 Å². The van der Waals surface area contributed by atoms with Gasteiger partial charge in [0.2, 0.25) is 11.9 Å². The largest absolute Gasteiger partial charge is 0.383 e. The predicted octanol–water partition coefficient (Wildman–Crippen LogP) is -0.716. The van der Waals surface area contributed by atoms with Gasteiger partial charge in [0.1, 0.15) is 17.7 Å². The lowest BCUT2D eigenvalue weighted by Crippen LogP contribution is -2.31. The van der Waals surface area contributed by atoms with E-state index < -0.39 is 0 Å². The van der Waals surface area contributed by atoms with Crippen molar-refractivity contribution < 1.29 is 4.79 Å². The van der Waals surface area contributed by atoms with E-state index in [9.17, 15) is 4.79 Å². The van der Waals surface area contributed by atoms with E-state index in [1.807, 2.05) is 0 Å². The molecule has 1 aromatic heterocycles. The predicted molar refractivity (Wildman–Crippen MR) is 60.5 cm³/mol. The second-order valence-corrected chi connectivity index (χ2v) is 3.78. The number of carbonyl (C=O) groups excluding carboxylic acids is 1. The van der Waals surface area contributed by atoms with Crippen molar-refractivity contribution in [1.29, 1.82) is 0 Å². The topological polar surface area (TPSA) is 110 Å². The molecule has 1 fully saturated rings. The summed E-state index contributed by atoms with van der Waals surface area (Å²) in [5.74, 6) is 0.921. The summed E-state index contributed by atoms with van der Waals surface area (Å²) in [5, 5.41) is 3.00. The highest BCUT2D eigenvalue weighted by Gasteiger charge is 2.29. The smallest absolute Gasteiger partial charge is 0.244 e. The van der Waals surface area contributed by atoms with E-state index in [1.54, 1.807) is 18.0 Å². The first-order chi connectivity index (χ1) is 7.56. The molecule has 1 atom stereocenters. The molecule has 1 unspecified atom stereocenters. The van der Waals surface area contributed by atoms with Crippen molar-refractivity contribution in [3.05, 3.63) is 6.07 Å². The summed E-state index contributed by atoms with van der Waals surface area (Å²) in [5.41, 5.74) is 11.0. The molecule has 2 heterocycles. The third kappa shape index (κ3) is 1.97. The minimum atomic E-state index is -0.251. The van der Waals surface area contributed by atoms with E-state index in [-0.39, 0.29) is 23.7 Å². The molecule has 5 N–H and O–H groups in total. The van der Waals surface area contributed by atoms with Crippen LogP contribution in [0.3, 0.4) is 0 Å². The van der Waals surface area contributed by atoms with Crippen LogP contribution < -0.4 is 16.8 Å². The van der Waals surface area contributed by atoms with Crippen molar-refractivity contribution in [2.45, 2.75) is 12.5 Å². The number of anilines is 3. The molecule has 1 aliphatic rings. The number of hydrogen-bond acceptors (Lipinski definition) is 6. The number of nitrogens with zero attached hydrogens (tertiary/aromatic N) is 3. The molecule has 86 valence electrons. The Labute approximate surface area is 92.8 Å². The van der Waals surface area contributed by atoms with Gasteiger partial charge in [-0.15, -0.1) is 0 Å². The van der Waals surface area contributed by atoms with Crippen LogP contribution in [0.25, 0.3) is 0 Å². The Bertz CT molecular complexity index is 400. The Kier molecular flexibility index (Phi) is 2.51. The molecular formula is C9H14N6O. The minimum Gasteiger partial charge on any atom is -0.383 e. The summed E-state index contributed by atoms with van der Waals surface area (Å²) in [6, 6.07) is 1.31. The molecular weight excluding hydrogens is 208 g/mol. The van der Waals surface area contributed by atoms with Gasteiger partial charge in [-0.3, -0.25) is 4.79 Å². The molecule has 1 aromatic rings. The van der Waals surface area contributed by atoms with Crippen molar-refractivity contribution >= 4 is 23.5 Å². The highest BCUT2D eigenvalue weighted by molar-refractivity contribution is 5.86. The molecule has 7 heteroatoms. The van der Waals surface area contributed by atoms with Crippen molar-refractivity contribution in [2.24, 2.45) is 0 Å². The molecule has 0 aromatic carbocycles. The fraction of sp³-hybridized carbons (Fsp3) is 0.444. The van der Waals surface area contributed by atoms with Crippen LogP contribution in [0, 0.1) is 0 Å². The summed E-state index contributed by atoms with van der Waals surface area (Å²) < 4.78 is 0. The number of nitrogens with two attached hydrogens (primary N) is 2. The summed E-state index contributed by atoms with van der Waals surface area (Å²) in [4.78, 5) is 21.0. The van der Waals surface area contributed by atoms with E-state index in [0.29, 0.717) is 5.82 Å². The van der Waals surface area contributed by atoms with Gasteiger partial charge in [-0.1, -0.05) is 0 Å². The average Bonchev–Trinajstić information content (AvgIpc) is 2.48. The van der Waals surface area contributed by atoms with E-state index in [2.05, 4.69) is 15.3 Å². The van der Waals surface area contributed by atoms with Crippen LogP contribution in [-0.4, -0.2) is 40.4 Å². The molecule has 1 amide bonds. The van der Waals surface area contributed by atoms with Crippen molar-refractivity contribution in [2.75, 3.05) is 30.4 Å². The summed E-state index contributed by atoms with van der Waals surface area (Å²) in [6.45, 7) is 0.743. The van der Waals surface area contributed by atoms with Crippen LogP contribution in [0.5, 0.6) is 0 Å². The summed E-state index contributed by atoms with van der Waals surface area (Å²) in [7, 11) is 1.77. The van der Waals surface area contributed by atoms with Gasteiger partial charge < -0.3 is 21.7 Å². The fourth-order valence-corrected chi connectivity index (χ4v) is 1.69. The highest BCUT2D eigenvalue weighted by atomic mass is 16.2. The number of hydrogen-bond donors (Lipinski definition) is 3. The Morgan fingerprint density at radius 1 is 1.50 bits per heavy atom. The zero-order valence-corrected chi connectivity index (χ0v) is 8.97. The third-order valence-corrected chi connectivity index (χ3v) is 2.51. The SMILES string of the molecule is CN1CCC(Nc2cc(N)nc(N)n2)C1=O. The van der Waals surface area contributed by atoms with Gasteiger partial charge >= 0.3 is 0 Å². The minimum absolute atomic E-state index is 0.0516. The average molecular weight is 222 g/mol. The van der Waals surface area contributed by atoms with Gasteiger partial charge in [-0.25, -0.2) is 0 Å². The molecule has 0 spiro atoms. The maximum absolute atomic E-state index is 11.6. The molecule has 1 saturated heterocycles. The highest BCUT2D eigenvalue weighted by Crippen LogP contribution is 2.16. The van der Waals surface area contributed by atoms with Crippen molar-refractivity contribution in [3.8, 4) is 0 Å². The number of rotatable bonds is 2. The quantitative estimate of drug-likeness (QED) is 0.609. The van der Waals surface area contributed by atoms with Gasteiger partial charge in [0.05, 0.1) is 0 Å². The number of likely N-dealkylation sites (N-methyl/N-ethyl adjacent to an activating group) is 1. The van der Waals surface area contributed by atoms with Crippen molar-refractivity contribution in [1.82, 2.24) is 14.9 Å². The molecule has 1 aliphatic heterocycles. The zero-order chi connectivity index (χ0) is 11.7. The number of nitrogen functional groups attached to an aromatic ring is 2. The van der Waals surface area contributed by atoms with Crippen LogP contribution in [0.2, 0.25) is 0 Å². The number of likely N-dealkylation sites (tertiary alicyclic amines) is 1. The van der Waals surface area contributed by atoms with Gasteiger partial charge in [-0.2, -0.15) is 9.97 Å². The number of nitrogens with one attached hydrogen (secondary N) is 1. The Balaban J connectivity index is 2.12. The number of carbonyl (C=O) groups is 1. The van der Waals surface area contributed by atoms with Crippen LogP contribution in [-0.2, 0) is 4.79 Å². The lowest BCUT2D eigenvalue weighted by Gasteiger charge is -2.13. The van der Waals surface area contributed by atoms with Crippen LogP contribution in [0.1, 0.15) is 6.42 Å². The third-order valence-electron chi connectivity index (χ3n) is 2.51. The Morgan fingerprint density at radius 3 is 2.81 bits per heavy atom. The van der Waals surface area contributed by atoms with Gasteiger partial charge in [-0.05, 0) is 6.42 Å². The molecule has 0 aliphatic carbocycles. The maximum atomic E-state index is 11.6.